The number of piperidine rings is 1. The molecule has 0 radical (unpaired) electrons. The van der Waals surface area contributed by atoms with E-state index in [1.165, 1.54) is 24.1 Å². The normalized spacial score (nSPS) is 28.0. The molecule has 4 heteroatoms. The van der Waals surface area contributed by atoms with Gasteiger partial charge in [0.2, 0.25) is 5.95 Å². The maximum absolute atomic E-state index is 6.03. The minimum Gasteiger partial charge on any atom is -0.339 e. The zero-order valence-electron chi connectivity index (χ0n) is 11.1. The van der Waals surface area contributed by atoms with E-state index in [2.05, 4.69) is 16.8 Å². The zero-order chi connectivity index (χ0) is 12.5. The quantitative estimate of drug-likeness (QED) is 0.821. The van der Waals surface area contributed by atoms with Crippen molar-refractivity contribution in [2.75, 3.05) is 18.0 Å². The first-order valence-electron chi connectivity index (χ1n) is 7.10. The summed E-state index contributed by atoms with van der Waals surface area (Å²) < 4.78 is 0. The van der Waals surface area contributed by atoms with Gasteiger partial charge in [0.25, 0.3) is 0 Å². The van der Waals surface area contributed by atoms with Crippen LogP contribution in [-0.4, -0.2) is 29.1 Å². The number of aromatic nitrogens is 2. The second kappa shape index (κ2) is 4.84. The third-order valence-electron chi connectivity index (χ3n) is 4.18. The molecule has 2 N–H and O–H groups in total. The SMILES string of the molecule is CC1CCCc2cnc(N3CCCC(N)C3)nc21. The van der Waals surface area contributed by atoms with Gasteiger partial charge in [-0.1, -0.05) is 6.92 Å². The summed E-state index contributed by atoms with van der Waals surface area (Å²) in [5, 5.41) is 0. The van der Waals surface area contributed by atoms with Crippen LogP contribution < -0.4 is 10.6 Å². The number of nitrogens with two attached hydrogens (primary N) is 1. The summed E-state index contributed by atoms with van der Waals surface area (Å²) in [5.41, 5.74) is 8.65. The summed E-state index contributed by atoms with van der Waals surface area (Å²) in [5.74, 6) is 1.46. The number of rotatable bonds is 1. The number of fused-ring (bicyclic) bond motifs is 1. The van der Waals surface area contributed by atoms with Crippen LogP contribution in [0.5, 0.6) is 0 Å². The van der Waals surface area contributed by atoms with E-state index in [0.29, 0.717) is 5.92 Å². The number of hydrogen-bond acceptors (Lipinski definition) is 4. The Balaban J connectivity index is 1.86. The average Bonchev–Trinajstić information content (AvgIpc) is 2.39. The van der Waals surface area contributed by atoms with Crippen molar-refractivity contribution in [1.82, 2.24) is 9.97 Å². The topological polar surface area (TPSA) is 55.0 Å². The van der Waals surface area contributed by atoms with Crippen molar-refractivity contribution in [3.8, 4) is 0 Å². The maximum atomic E-state index is 6.03. The van der Waals surface area contributed by atoms with E-state index in [9.17, 15) is 0 Å². The molecule has 2 heterocycles. The number of aryl methyl sites for hydroxylation is 1. The minimum atomic E-state index is 0.274. The Hall–Kier alpha value is -1.16. The Kier molecular flexibility index (Phi) is 3.20. The van der Waals surface area contributed by atoms with Crippen LogP contribution in [0, 0.1) is 0 Å². The lowest BCUT2D eigenvalue weighted by atomic mass is 9.89. The summed E-state index contributed by atoms with van der Waals surface area (Å²) in [6.45, 7) is 4.21. The van der Waals surface area contributed by atoms with Crippen molar-refractivity contribution >= 4 is 5.95 Å². The first kappa shape index (κ1) is 11.9. The highest BCUT2D eigenvalue weighted by molar-refractivity contribution is 5.36. The molecule has 3 rings (SSSR count). The van der Waals surface area contributed by atoms with E-state index in [1.54, 1.807) is 0 Å². The molecule has 1 saturated heterocycles. The monoisotopic (exact) mass is 246 g/mol. The van der Waals surface area contributed by atoms with Gasteiger partial charge in [0.15, 0.2) is 0 Å². The van der Waals surface area contributed by atoms with E-state index in [4.69, 9.17) is 10.7 Å². The molecule has 1 aromatic heterocycles. The molecule has 0 amide bonds. The van der Waals surface area contributed by atoms with Gasteiger partial charge in [0, 0.05) is 25.3 Å². The molecule has 4 nitrogen and oxygen atoms in total. The molecule has 1 aliphatic heterocycles. The van der Waals surface area contributed by atoms with Crippen LogP contribution >= 0.6 is 0 Å². The van der Waals surface area contributed by atoms with Crippen molar-refractivity contribution in [2.45, 2.75) is 51.0 Å². The van der Waals surface area contributed by atoms with Crippen molar-refractivity contribution in [3.63, 3.8) is 0 Å². The molecule has 2 aliphatic rings. The highest BCUT2D eigenvalue weighted by atomic mass is 15.3. The second-order valence-corrected chi connectivity index (χ2v) is 5.72. The van der Waals surface area contributed by atoms with Gasteiger partial charge in [0.1, 0.15) is 0 Å². The Morgan fingerprint density at radius 1 is 1.33 bits per heavy atom. The van der Waals surface area contributed by atoms with Crippen LogP contribution in [0.15, 0.2) is 6.20 Å². The second-order valence-electron chi connectivity index (χ2n) is 5.72. The molecule has 0 bridgehead atoms. The lowest BCUT2D eigenvalue weighted by molar-refractivity contribution is 0.496. The lowest BCUT2D eigenvalue weighted by Crippen LogP contribution is -2.43. The van der Waals surface area contributed by atoms with Gasteiger partial charge in [-0.2, -0.15) is 0 Å². The lowest BCUT2D eigenvalue weighted by Gasteiger charge is -2.32. The van der Waals surface area contributed by atoms with Crippen molar-refractivity contribution in [3.05, 3.63) is 17.5 Å². The van der Waals surface area contributed by atoms with E-state index < -0.39 is 0 Å². The molecule has 0 aromatic carbocycles. The van der Waals surface area contributed by atoms with Gasteiger partial charge in [-0.25, -0.2) is 9.97 Å². The van der Waals surface area contributed by atoms with Gasteiger partial charge in [0.05, 0.1) is 5.69 Å². The summed E-state index contributed by atoms with van der Waals surface area (Å²) in [7, 11) is 0. The molecule has 2 unspecified atom stereocenters. The number of nitrogens with zero attached hydrogens (tertiary/aromatic N) is 3. The molecule has 2 atom stereocenters. The fourth-order valence-electron chi connectivity index (χ4n) is 3.11. The molecule has 1 aromatic rings. The molecule has 98 valence electrons. The Morgan fingerprint density at radius 2 is 2.22 bits per heavy atom. The van der Waals surface area contributed by atoms with Gasteiger partial charge >= 0.3 is 0 Å². The van der Waals surface area contributed by atoms with Crippen LogP contribution in [0.3, 0.4) is 0 Å². The first-order valence-corrected chi connectivity index (χ1v) is 7.10. The highest BCUT2D eigenvalue weighted by Crippen LogP contribution is 2.30. The fourth-order valence-corrected chi connectivity index (χ4v) is 3.11. The summed E-state index contributed by atoms with van der Waals surface area (Å²) in [6, 6.07) is 0.274. The fraction of sp³-hybridized carbons (Fsp3) is 0.714. The van der Waals surface area contributed by atoms with E-state index in [-0.39, 0.29) is 6.04 Å². The van der Waals surface area contributed by atoms with Crippen LogP contribution in [0.4, 0.5) is 5.95 Å². The Bertz CT molecular complexity index is 432. The molecule has 1 aliphatic carbocycles. The molecular weight excluding hydrogens is 224 g/mol. The number of hydrogen-bond donors (Lipinski definition) is 1. The van der Waals surface area contributed by atoms with Gasteiger partial charge in [-0.05, 0) is 43.6 Å². The van der Waals surface area contributed by atoms with Gasteiger partial charge in [-0.15, -0.1) is 0 Å². The van der Waals surface area contributed by atoms with Crippen LogP contribution in [0.2, 0.25) is 0 Å². The average molecular weight is 246 g/mol. The van der Waals surface area contributed by atoms with Crippen molar-refractivity contribution in [2.24, 2.45) is 5.73 Å². The van der Waals surface area contributed by atoms with Gasteiger partial charge < -0.3 is 10.6 Å². The third-order valence-corrected chi connectivity index (χ3v) is 4.18. The number of anilines is 1. The molecule has 18 heavy (non-hydrogen) atoms. The molecule has 0 saturated carbocycles. The third kappa shape index (κ3) is 2.21. The largest absolute Gasteiger partial charge is 0.339 e. The van der Waals surface area contributed by atoms with Crippen LogP contribution in [0.25, 0.3) is 0 Å². The maximum Gasteiger partial charge on any atom is 0.225 e. The predicted molar refractivity (Wildman–Crippen MR) is 72.8 cm³/mol. The Labute approximate surface area is 109 Å². The predicted octanol–water partition coefficient (Wildman–Crippen LogP) is 1.84. The standard InChI is InChI=1S/C14H22N4/c1-10-4-2-5-11-8-16-14(17-13(10)11)18-7-3-6-12(15)9-18/h8,10,12H,2-7,9,15H2,1H3. The molecule has 0 spiro atoms. The van der Waals surface area contributed by atoms with Gasteiger partial charge in [-0.3, -0.25) is 0 Å². The minimum absolute atomic E-state index is 0.274. The molecule has 1 fully saturated rings. The Morgan fingerprint density at radius 3 is 3.06 bits per heavy atom. The zero-order valence-corrected chi connectivity index (χ0v) is 11.1. The van der Waals surface area contributed by atoms with Crippen molar-refractivity contribution < 1.29 is 0 Å². The molecular formula is C14H22N4. The first-order chi connectivity index (χ1) is 8.74. The van der Waals surface area contributed by atoms with Crippen LogP contribution in [0.1, 0.15) is 49.8 Å². The summed E-state index contributed by atoms with van der Waals surface area (Å²) in [4.78, 5) is 11.6. The van der Waals surface area contributed by atoms with E-state index >= 15 is 0 Å². The highest BCUT2D eigenvalue weighted by Gasteiger charge is 2.23. The van der Waals surface area contributed by atoms with E-state index in [1.807, 2.05) is 6.20 Å². The van der Waals surface area contributed by atoms with E-state index in [0.717, 1.165) is 38.3 Å². The summed E-state index contributed by atoms with van der Waals surface area (Å²) >= 11 is 0. The van der Waals surface area contributed by atoms with Crippen molar-refractivity contribution in [1.29, 1.82) is 0 Å². The van der Waals surface area contributed by atoms with Crippen LogP contribution in [-0.2, 0) is 6.42 Å². The summed E-state index contributed by atoms with van der Waals surface area (Å²) in [6.07, 6.45) is 7.97. The smallest absolute Gasteiger partial charge is 0.225 e.